The first kappa shape index (κ1) is 15.4. The molecule has 1 heterocycles. The van der Waals surface area contributed by atoms with Gasteiger partial charge in [0.2, 0.25) is 0 Å². The Kier molecular flexibility index (Phi) is 4.52. The van der Waals surface area contributed by atoms with E-state index in [0.29, 0.717) is 11.7 Å². The van der Waals surface area contributed by atoms with Gasteiger partial charge in [0, 0.05) is 10.5 Å². The Morgan fingerprint density at radius 2 is 1.96 bits per heavy atom. The molecule has 118 valence electrons. The number of nitrogens with zero attached hydrogens (tertiary/aromatic N) is 2. The maximum Gasteiger partial charge on any atom is 0.257 e. The molecule has 1 unspecified atom stereocenters. The lowest BCUT2D eigenvalue weighted by molar-refractivity contribution is 0.414. The Bertz CT molecular complexity index is 828. The average molecular weight is 328 g/mol. The van der Waals surface area contributed by atoms with Crippen LogP contribution in [0.15, 0.2) is 57.9 Å². The molecule has 0 N–H and O–H groups in total. The number of benzene rings is 2. The lowest BCUT2D eigenvalue weighted by atomic mass is 10.2. The zero-order chi connectivity index (χ0) is 16.2. The maximum atomic E-state index is 12.4. The van der Waals surface area contributed by atoms with E-state index >= 15 is 0 Å². The fraction of sp³-hybridized carbons (Fsp3) is 0.176. The maximum absolute atomic E-state index is 12.4. The van der Waals surface area contributed by atoms with Gasteiger partial charge in [-0.15, -0.1) is 0 Å². The van der Waals surface area contributed by atoms with Crippen molar-refractivity contribution in [2.45, 2.75) is 17.6 Å². The predicted octanol–water partition coefficient (Wildman–Crippen LogP) is 3.36. The zero-order valence-corrected chi connectivity index (χ0v) is 13.7. The molecule has 5 nitrogen and oxygen atoms in total. The molecular formula is C17H16N2O3S. The van der Waals surface area contributed by atoms with E-state index in [1.54, 1.807) is 7.11 Å². The molecule has 0 aliphatic heterocycles. The monoisotopic (exact) mass is 328 g/mol. The third-order valence-corrected chi connectivity index (χ3v) is 4.62. The average Bonchev–Trinajstić information content (AvgIpc) is 3.03. The number of aryl methyl sites for hydroxylation is 1. The van der Waals surface area contributed by atoms with Crippen molar-refractivity contribution in [3.05, 3.63) is 59.9 Å². The highest BCUT2D eigenvalue weighted by Crippen LogP contribution is 2.21. The van der Waals surface area contributed by atoms with Crippen LogP contribution >= 0.6 is 0 Å². The van der Waals surface area contributed by atoms with Crippen molar-refractivity contribution in [1.29, 1.82) is 0 Å². The Balaban J connectivity index is 1.75. The van der Waals surface area contributed by atoms with E-state index in [1.165, 1.54) is 0 Å². The molecule has 0 fully saturated rings. The van der Waals surface area contributed by atoms with Crippen molar-refractivity contribution in [2.24, 2.45) is 0 Å². The molecule has 0 aliphatic carbocycles. The summed E-state index contributed by atoms with van der Waals surface area (Å²) in [6.07, 6.45) is 0. The van der Waals surface area contributed by atoms with Crippen molar-refractivity contribution in [3.8, 4) is 17.2 Å². The van der Waals surface area contributed by atoms with Gasteiger partial charge in [-0.3, -0.25) is 4.21 Å². The number of methoxy groups -OCH3 is 1. The van der Waals surface area contributed by atoms with Gasteiger partial charge in [0.1, 0.15) is 5.75 Å². The van der Waals surface area contributed by atoms with E-state index < -0.39 is 10.8 Å². The Hall–Kier alpha value is -2.47. The molecule has 3 aromatic rings. The standard InChI is InChI=1S/C17H16N2O3S/c1-12-4-3-5-15(10-12)23(20)11-16-18-17(22-19-16)13-6-8-14(21-2)9-7-13/h3-10H,11H2,1-2H3. The second-order valence-corrected chi connectivity index (χ2v) is 6.50. The minimum atomic E-state index is -1.20. The van der Waals surface area contributed by atoms with Crippen molar-refractivity contribution in [3.63, 3.8) is 0 Å². The number of rotatable bonds is 5. The second-order valence-electron chi connectivity index (χ2n) is 5.05. The largest absolute Gasteiger partial charge is 0.497 e. The van der Waals surface area contributed by atoms with E-state index in [4.69, 9.17) is 9.26 Å². The fourth-order valence-corrected chi connectivity index (χ4v) is 3.19. The smallest absolute Gasteiger partial charge is 0.257 e. The topological polar surface area (TPSA) is 65.2 Å². The lowest BCUT2D eigenvalue weighted by Crippen LogP contribution is -1.98. The Morgan fingerprint density at radius 1 is 1.17 bits per heavy atom. The SMILES string of the molecule is COc1ccc(-c2nc(CS(=O)c3cccc(C)c3)no2)cc1. The van der Waals surface area contributed by atoms with E-state index in [0.717, 1.165) is 21.8 Å². The highest BCUT2D eigenvalue weighted by atomic mass is 32.2. The fourth-order valence-electron chi connectivity index (χ4n) is 2.12. The van der Waals surface area contributed by atoms with Crippen LogP contribution in [0.3, 0.4) is 0 Å². The highest BCUT2D eigenvalue weighted by Gasteiger charge is 2.13. The second kappa shape index (κ2) is 6.75. The molecule has 0 amide bonds. The number of hydrogen-bond donors (Lipinski definition) is 0. The molecule has 0 saturated carbocycles. The van der Waals surface area contributed by atoms with Gasteiger partial charge in [-0.1, -0.05) is 17.3 Å². The van der Waals surface area contributed by atoms with Crippen LogP contribution in [-0.2, 0) is 16.6 Å². The van der Waals surface area contributed by atoms with Crippen LogP contribution in [0.4, 0.5) is 0 Å². The quantitative estimate of drug-likeness (QED) is 0.718. The van der Waals surface area contributed by atoms with Crippen LogP contribution in [0.25, 0.3) is 11.5 Å². The zero-order valence-electron chi connectivity index (χ0n) is 12.9. The first-order chi connectivity index (χ1) is 11.2. The first-order valence-electron chi connectivity index (χ1n) is 7.08. The Labute approximate surface area is 136 Å². The highest BCUT2D eigenvalue weighted by molar-refractivity contribution is 7.84. The molecule has 1 atom stereocenters. The minimum Gasteiger partial charge on any atom is -0.497 e. The van der Waals surface area contributed by atoms with Crippen LogP contribution in [-0.4, -0.2) is 21.5 Å². The van der Waals surface area contributed by atoms with Crippen LogP contribution in [0, 0.1) is 6.92 Å². The Morgan fingerprint density at radius 3 is 2.65 bits per heavy atom. The molecule has 0 aliphatic rings. The lowest BCUT2D eigenvalue weighted by Gasteiger charge is -2.00. The third kappa shape index (κ3) is 3.65. The van der Waals surface area contributed by atoms with Gasteiger partial charge in [0.15, 0.2) is 5.82 Å². The van der Waals surface area contributed by atoms with E-state index in [9.17, 15) is 4.21 Å². The number of ether oxygens (including phenoxy) is 1. The molecule has 0 spiro atoms. The molecule has 2 aromatic carbocycles. The summed E-state index contributed by atoms with van der Waals surface area (Å²) in [6, 6.07) is 14.9. The summed E-state index contributed by atoms with van der Waals surface area (Å²) >= 11 is 0. The van der Waals surface area contributed by atoms with Gasteiger partial charge < -0.3 is 9.26 Å². The van der Waals surface area contributed by atoms with Gasteiger partial charge >= 0.3 is 0 Å². The summed E-state index contributed by atoms with van der Waals surface area (Å²) in [4.78, 5) is 5.08. The van der Waals surface area contributed by atoms with Gasteiger partial charge in [0.25, 0.3) is 5.89 Å². The molecule has 1 aromatic heterocycles. The number of hydrogen-bond acceptors (Lipinski definition) is 5. The van der Waals surface area contributed by atoms with Gasteiger partial charge in [-0.2, -0.15) is 4.98 Å². The minimum absolute atomic E-state index is 0.225. The van der Waals surface area contributed by atoms with E-state index in [-0.39, 0.29) is 5.75 Å². The third-order valence-electron chi connectivity index (χ3n) is 3.32. The van der Waals surface area contributed by atoms with Crippen LogP contribution in [0.2, 0.25) is 0 Å². The predicted molar refractivity (Wildman–Crippen MR) is 87.6 cm³/mol. The molecule has 0 bridgehead atoms. The van der Waals surface area contributed by atoms with Crippen molar-refractivity contribution in [1.82, 2.24) is 10.1 Å². The summed E-state index contributed by atoms with van der Waals surface area (Å²) in [5, 5.41) is 3.91. The molecule has 3 rings (SSSR count). The summed E-state index contributed by atoms with van der Waals surface area (Å²) in [7, 11) is 0.414. The number of aromatic nitrogens is 2. The summed E-state index contributed by atoms with van der Waals surface area (Å²) in [5.74, 6) is 1.82. The molecular weight excluding hydrogens is 312 g/mol. The summed E-state index contributed by atoms with van der Waals surface area (Å²) in [6.45, 7) is 1.97. The van der Waals surface area contributed by atoms with Crippen molar-refractivity contribution < 1.29 is 13.5 Å². The normalized spacial score (nSPS) is 12.1. The van der Waals surface area contributed by atoms with Crippen molar-refractivity contribution in [2.75, 3.05) is 7.11 Å². The van der Waals surface area contributed by atoms with Crippen LogP contribution in [0.1, 0.15) is 11.4 Å². The molecule has 6 heteroatoms. The molecule has 0 saturated heterocycles. The van der Waals surface area contributed by atoms with Gasteiger partial charge in [-0.25, -0.2) is 0 Å². The summed E-state index contributed by atoms with van der Waals surface area (Å²) < 4.78 is 22.7. The molecule has 23 heavy (non-hydrogen) atoms. The van der Waals surface area contributed by atoms with Gasteiger partial charge in [0.05, 0.1) is 23.7 Å². The van der Waals surface area contributed by atoms with Crippen molar-refractivity contribution >= 4 is 10.8 Å². The van der Waals surface area contributed by atoms with E-state index in [1.807, 2.05) is 55.5 Å². The molecule has 0 radical (unpaired) electrons. The van der Waals surface area contributed by atoms with Crippen LogP contribution < -0.4 is 4.74 Å². The first-order valence-corrected chi connectivity index (χ1v) is 8.39. The van der Waals surface area contributed by atoms with Gasteiger partial charge in [-0.05, 0) is 48.9 Å². The van der Waals surface area contributed by atoms with Crippen LogP contribution in [0.5, 0.6) is 5.75 Å². The summed E-state index contributed by atoms with van der Waals surface area (Å²) in [5.41, 5.74) is 1.87. The van der Waals surface area contributed by atoms with E-state index in [2.05, 4.69) is 10.1 Å².